The van der Waals surface area contributed by atoms with E-state index in [4.69, 9.17) is 11.6 Å². The van der Waals surface area contributed by atoms with Gasteiger partial charge in [0.05, 0.1) is 22.3 Å². The van der Waals surface area contributed by atoms with Gasteiger partial charge in [-0.1, -0.05) is 41.9 Å². The van der Waals surface area contributed by atoms with Crippen LogP contribution in [0.1, 0.15) is 11.4 Å². The predicted molar refractivity (Wildman–Crippen MR) is 101 cm³/mol. The number of aromatic nitrogens is 3. The molecule has 5 heteroatoms. The van der Waals surface area contributed by atoms with Crippen LogP contribution in [0.25, 0.3) is 22.1 Å². The second-order valence-corrected chi connectivity index (χ2v) is 6.35. The second kappa shape index (κ2) is 5.90. The monoisotopic (exact) mass is 349 g/mol. The minimum absolute atomic E-state index is 0.166. The van der Waals surface area contributed by atoms with E-state index in [0.29, 0.717) is 16.1 Å². The van der Waals surface area contributed by atoms with E-state index in [0.717, 1.165) is 22.5 Å². The summed E-state index contributed by atoms with van der Waals surface area (Å²) in [6.07, 6.45) is 1.74. The molecular formula is C20H16ClN3O. The highest BCUT2D eigenvalue weighted by Gasteiger charge is 2.18. The van der Waals surface area contributed by atoms with Gasteiger partial charge in [-0.2, -0.15) is 9.78 Å². The lowest BCUT2D eigenvalue weighted by molar-refractivity contribution is 0.821. The van der Waals surface area contributed by atoms with E-state index in [1.807, 2.05) is 56.3 Å². The molecular weight excluding hydrogens is 334 g/mol. The summed E-state index contributed by atoms with van der Waals surface area (Å²) in [6, 6.07) is 17.2. The maximum absolute atomic E-state index is 13.1. The average Bonchev–Trinajstić information content (AvgIpc) is 2.88. The van der Waals surface area contributed by atoms with E-state index >= 15 is 0 Å². The van der Waals surface area contributed by atoms with E-state index < -0.39 is 0 Å². The van der Waals surface area contributed by atoms with Gasteiger partial charge in [0.1, 0.15) is 0 Å². The SMILES string of the molecule is Cc1c2cnn(-c3ccccc3Cl)c(=O)c2c(C)n1-c1ccccc1. The number of hydrogen-bond donors (Lipinski definition) is 0. The third kappa shape index (κ3) is 2.37. The summed E-state index contributed by atoms with van der Waals surface area (Å²) in [6.45, 7) is 3.96. The average molecular weight is 350 g/mol. The fourth-order valence-electron chi connectivity index (χ4n) is 3.32. The molecule has 2 heterocycles. The van der Waals surface area contributed by atoms with Gasteiger partial charge in [-0.25, -0.2) is 0 Å². The predicted octanol–water partition coefficient (Wildman–Crippen LogP) is 4.45. The first kappa shape index (κ1) is 15.7. The third-order valence-corrected chi connectivity index (χ3v) is 4.81. The molecule has 25 heavy (non-hydrogen) atoms. The highest BCUT2D eigenvalue weighted by atomic mass is 35.5. The summed E-state index contributed by atoms with van der Waals surface area (Å²) in [4.78, 5) is 13.1. The molecule has 0 unspecified atom stereocenters. The molecule has 0 saturated carbocycles. The molecule has 0 amide bonds. The fraction of sp³-hybridized carbons (Fsp3) is 0.100. The van der Waals surface area contributed by atoms with Crippen LogP contribution >= 0.6 is 11.6 Å². The first-order valence-corrected chi connectivity index (χ1v) is 8.37. The maximum atomic E-state index is 13.1. The lowest BCUT2D eigenvalue weighted by Gasteiger charge is -2.08. The molecule has 124 valence electrons. The van der Waals surface area contributed by atoms with Crippen molar-refractivity contribution in [1.29, 1.82) is 0 Å². The van der Waals surface area contributed by atoms with Crippen molar-refractivity contribution in [3.8, 4) is 11.4 Å². The molecule has 2 aromatic heterocycles. The Morgan fingerprint density at radius 2 is 1.60 bits per heavy atom. The molecule has 4 aromatic rings. The van der Waals surface area contributed by atoms with E-state index in [1.54, 1.807) is 18.3 Å². The molecule has 0 atom stereocenters. The number of nitrogens with zero attached hydrogens (tertiary/aromatic N) is 3. The quantitative estimate of drug-likeness (QED) is 0.536. The Morgan fingerprint density at radius 3 is 2.32 bits per heavy atom. The summed E-state index contributed by atoms with van der Waals surface area (Å²) in [5.41, 5.74) is 3.33. The molecule has 0 aliphatic heterocycles. The van der Waals surface area contributed by atoms with Gasteiger partial charge < -0.3 is 4.57 Å². The Morgan fingerprint density at radius 1 is 0.920 bits per heavy atom. The summed E-state index contributed by atoms with van der Waals surface area (Å²) in [5, 5.41) is 6.37. The maximum Gasteiger partial charge on any atom is 0.281 e. The topological polar surface area (TPSA) is 39.8 Å². The molecule has 0 spiro atoms. The Labute approximate surface area is 149 Å². The van der Waals surface area contributed by atoms with Gasteiger partial charge in [0.25, 0.3) is 5.56 Å². The lowest BCUT2D eigenvalue weighted by atomic mass is 10.2. The summed E-state index contributed by atoms with van der Waals surface area (Å²) < 4.78 is 3.46. The minimum atomic E-state index is -0.166. The molecule has 0 radical (unpaired) electrons. The summed E-state index contributed by atoms with van der Waals surface area (Å²) in [5.74, 6) is 0. The van der Waals surface area contributed by atoms with Crippen LogP contribution in [0.2, 0.25) is 5.02 Å². The number of rotatable bonds is 2. The van der Waals surface area contributed by atoms with Gasteiger partial charge in [0.2, 0.25) is 0 Å². The van der Waals surface area contributed by atoms with Crippen LogP contribution in [0.4, 0.5) is 0 Å². The van der Waals surface area contributed by atoms with Crippen molar-refractivity contribution in [2.24, 2.45) is 0 Å². The van der Waals surface area contributed by atoms with Crippen molar-refractivity contribution in [1.82, 2.24) is 14.3 Å². The van der Waals surface area contributed by atoms with Gasteiger partial charge in [-0.05, 0) is 38.1 Å². The molecule has 0 N–H and O–H groups in total. The van der Waals surface area contributed by atoms with Crippen LogP contribution in [-0.2, 0) is 0 Å². The van der Waals surface area contributed by atoms with Crippen molar-refractivity contribution >= 4 is 22.4 Å². The van der Waals surface area contributed by atoms with Crippen LogP contribution in [0, 0.1) is 13.8 Å². The van der Waals surface area contributed by atoms with Crippen molar-refractivity contribution in [2.45, 2.75) is 13.8 Å². The Hall–Kier alpha value is -2.85. The first-order valence-electron chi connectivity index (χ1n) is 8.00. The molecule has 2 aromatic carbocycles. The molecule has 4 rings (SSSR count). The molecule has 0 aliphatic rings. The number of hydrogen-bond acceptors (Lipinski definition) is 2. The highest BCUT2D eigenvalue weighted by Crippen LogP contribution is 2.26. The lowest BCUT2D eigenvalue weighted by Crippen LogP contribution is -2.21. The smallest absolute Gasteiger partial charge is 0.281 e. The van der Waals surface area contributed by atoms with E-state index in [2.05, 4.69) is 9.67 Å². The largest absolute Gasteiger partial charge is 0.317 e. The van der Waals surface area contributed by atoms with Crippen molar-refractivity contribution in [3.05, 3.63) is 87.6 Å². The number of aryl methyl sites for hydroxylation is 2. The van der Waals surface area contributed by atoms with Crippen LogP contribution in [0.5, 0.6) is 0 Å². The van der Waals surface area contributed by atoms with Gasteiger partial charge in [0, 0.05) is 22.5 Å². The minimum Gasteiger partial charge on any atom is -0.317 e. The van der Waals surface area contributed by atoms with Crippen LogP contribution in [-0.4, -0.2) is 14.3 Å². The Bertz CT molecular complexity index is 1140. The first-order chi connectivity index (χ1) is 12.1. The van der Waals surface area contributed by atoms with Crippen molar-refractivity contribution in [3.63, 3.8) is 0 Å². The number of para-hydroxylation sites is 2. The third-order valence-electron chi connectivity index (χ3n) is 4.50. The number of benzene rings is 2. The molecule has 0 bridgehead atoms. The zero-order chi connectivity index (χ0) is 17.6. The van der Waals surface area contributed by atoms with E-state index in [1.165, 1.54) is 4.68 Å². The standard InChI is InChI=1S/C20H16ClN3O/c1-13-16-12-22-24(18-11-7-6-10-17(18)21)20(25)19(16)14(2)23(13)15-8-4-3-5-9-15/h3-12H,1-2H3. The summed E-state index contributed by atoms with van der Waals surface area (Å²) in [7, 11) is 0. The zero-order valence-electron chi connectivity index (χ0n) is 13.9. The van der Waals surface area contributed by atoms with Crippen LogP contribution in [0.3, 0.4) is 0 Å². The van der Waals surface area contributed by atoms with Crippen molar-refractivity contribution in [2.75, 3.05) is 0 Å². The fourth-order valence-corrected chi connectivity index (χ4v) is 3.54. The van der Waals surface area contributed by atoms with Crippen LogP contribution in [0.15, 0.2) is 65.6 Å². The normalized spacial score (nSPS) is 11.2. The van der Waals surface area contributed by atoms with E-state index in [9.17, 15) is 4.79 Å². The Balaban J connectivity index is 2.05. The number of fused-ring (bicyclic) bond motifs is 1. The number of halogens is 1. The van der Waals surface area contributed by atoms with Gasteiger partial charge >= 0.3 is 0 Å². The van der Waals surface area contributed by atoms with Gasteiger partial charge in [-0.15, -0.1) is 0 Å². The Kier molecular flexibility index (Phi) is 3.70. The van der Waals surface area contributed by atoms with Gasteiger partial charge in [0.15, 0.2) is 0 Å². The highest BCUT2D eigenvalue weighted by molar-refractivity contribution is 6.32. The van der Waals surface area contributed by atoms with Crippen LogP contribution < -0.4 is 5.56 Å². The van der Waals surface area contributed by atoms with Gasteiger partial charge in [-0.3, -0.25) is 4.79 Å². The summed E-state index contributed by atoms with van der Waals surface area (Å²) >= 11 is 6.25. The molecule has 4 nitrogen and oxygen atoms in total. The van der Waals surface area contributed by atoms with E-state index in [-0.39, 0.29) is 5.56 Å². The van der Waals surface area contributed by atoms with Crippen molar-refractivity contribution < 1.29 is 0 Å². The zero-order valence-corrected chi connectivity index (χ0v) is 14.7. The second-order valence-electron chi connectivity index (χ2n) is 5.94. The molecule has 0 fully saturated rings. The molecule has 0 aliphatic carbocycles. The molecule has 0 saturated heterocycles.